The molecular formula is C10H16N4O4S2. The summed E-state index contributed by atoms with van der Waals surface area (Å²) in [7, 11) is -6.93. The minimum absolute atomic E-state index is 0.00996. The van der Waals surface area contributed by atoms with Gasteiger partial charge in [0.25, 0.3) is 0 Å². The van der Waals surface area contributed by atoms with Crippen LogP contribution in [0.25, 0.3) is 0 Å². The summed E-state index contributed by atoms with van der Waals surface area (Å²) in [5, 5.41) is 2.85. The van der Waals surface area contributed by atoms with Crippen molar-refractivity contribution in [3.63, 3.8) is 0 Å². The Morgan fingerprint density at radius 3 is 2.50 bits per heavy atom. The summed E-state index contributed by atoms with van der Waals surface area (Å²) in [4.78, 5) is 7.68. The van der Waals surface area contributed by atoms with Gasteiger partial charge >= 0.3 is 0 Å². The molecule has 1 atom stereocenters. The zero-order valence-corrected chi connectivity index (χ0v) is 12.5. The second kappa shape index (κ2) is 5.62. The van der Waals surface area contributed by atoms with Crippen molar-refractivity contribution in [3.8, 4) is 0 Å². The molecule has 2 heterocycles. The number of hydrogen-bond donors (Lipinski definition) is 2. The van der Waals surface area contributed by atoms with Crippen molar-refractivity contribution in [2.45, 2.75) is 24.3 Å². The topological polar surface area (TPSA) is 118 Å². The van der Waals surface area contributed by atoms with Gasteiger partial charge in [-0.2, -0.15) is 0 Å². The van der Waals surface area contributed by atoms with Crippen molar-refractivity contribution >= 4 is 25.8 Å². The van der Waals surface area contributed by atoms with Crippen LogP contribution in [0.3, 0.4) is 0 Å². The first-order valence-corrected chi connectivity index (χ1v) is 9.41. The number of nitrogens with zero attached hydrogens (tertiary/aromatic N) is 2. The number of anilines is 1. The summed E-state index contributed by atoms with van der Waals surface area (Å²) < 4.78 is 49.1. The quantitative estimate of drug-likeness (QED) is 0.741. The largest absolute Gasteiger partial charge is 0.355 e. The SMILES string of the molecule is CCNc1ncc(S(=O)(=O)NC2CCS(=O)(=O)C2)cn1. The third-order valence-electron chi connectivity index (χ3n) is 2.83. The van der Waals surface area contributed by atoms with Gasteiger partial charge in [-0.1, -0.05) is 0 Å². The zero-order chi connectivity index (χ0) is 14.8. The van der Waals surface area contributed by atoms with Gasteiger partial charge in [-0.15, -0.1) is 0 Å². The van der Waals surface area contributed by atoms with Crippen LogP contribution in [0.2, 0.25) is 0 Å². The summed E-state index contributed by atoms with van der Waals surface area (Å²) >= 11 is 0. The predicted octanol–water partition coefficient (Wildman–Crippen LogP) is -0.626. The van der Waals surface area contributed by atoms with Gasteiger partial charge in [0, 0.05) is 12.6 Å². The molecule has 0 bridgehead atoms. The molecule has 1 unspecified atom stereocenters. The van der Waals surface area contributed by atoms with Crippen LogP contribution in [0.15, 0.2) is 17.3 Å². The summed E-state index contributed by atoms with van der Waals surface area (Å²) in [6, 6.07) is -0.585. The molecule has 10 heteroatoms. The summed E-state index contributed by atoms with van der Waals surface area (Å²) in [5.74, 6) is 0.188. The standard InChI is InChI=1S/C10H16N4O4S2/c1-2-11-10-12-5-9(6-13-10)20(17,18)14-8-3-4-19(15,16)7-8/h5-6,8,14H,2-4,7H2,1H3,(H,11,12,13). The Kier molecular flexibility index (Phi) is 4.25. The van der Waals surface area contributed by atoms with Crippen LogP contribution in [0.1, 0.15) is 13.3 Å². The van der Waals surface area contributed by atoms with E-state index in [1.807, 2.05) is 6.92 Å². The minimum Gasteiger partial charge on any atom is -0.355 e. The fraction of sp³-hybridized carbons (Fsp3) is 0.600. The highest BCUT2D eigenvalue weighted by Gasteiger charge is 2.31. The lowest BCUT2D eigenvalue weighted by Gasteiger charge is -2.11. The van der Waals surface area contributed by atoms with E-state index in [9.17, 15) is 16.8 Å². The molecule has 1 aromatic rings. The molecule has 0 aromatic carbocycles. The van der Waals surface area contributed by atoms with Crippen LogP contribution in [0, 0.1) is 0 Å². The molecule has 2 N–H and O–H groups in total. The van der Waals surface area contributed by atoms with Crippen molar-refractivity contribution in [2.24, 2.45) is 0 Å². The third-order valence-corrected chi connectivity index (χ3v) is 6.07. The van der Waals surface area contributed by atoms with Gasteiger partial charge in [0.1, 0.15) is 4.90 Å². The smallest absolute Gasteiger partial charge is 0.243 e. The van der Waals surface area contributed by atoms with E-state index in [0.717, 1.165) is 0 Å². The molecule has 1 aromatic heterocycles. The van der Waals surface area contributed by atoms with E-state index in [1.54, 1.807) is 0 Å². The average molecular weight is 320 g/mol. The molecule has 0 spiro atoms. The summed E-state index contributed by atoms with van der Waals surface area (Å²) in [5.41, 5.74) is 0. The third kappa shape index (κ3) is 3.64. The number of aromatic nitrogens is 2. The van der Waals surface area contributed by atoms with Crippen LogP contribution in [0.5, 0.6) is 0 Å². The van der Waals surface area contributed by atoms with Crippen LogP contribution in [0.4, 0.5) is 5.95 Å². The highest BCUT2D eigenvalue weighted by molar-refractivity contribution is 7.92. The van der Waals surface area contributed by atoms with Crippen molar-refractivity contribution < 1.29 is 16.8 Å². The van der Waals surface area contributed by atoms with E-state index in [1.165, 1.54) is 12.4 Å². The normalized spacial score (nSPS) is 21.8. The number of hydrogen-bond acceptors (Lipinski definition) is 7. The van der Waals surface area contributed by atoms with Gasteiger partial charge < -0.3 is 5.32 Å². The van der Waals surface area contributed by atoms with E-state index in [2.05, 4.69) is 20.0 Å². The fourth-order valence-corrected chi connectivity index (χ4v) is 4.82. The molecule has 0 amide bonds. The Morgan fingerprint density at radius 2 is 2.00 bits per heavy atom. The lowest BCUT2D eigenvalue weighted by atomic mass is 10.3. The molecule has 0 radical (unpaired) electrons. The Balaban J connectivity index is 2.10. The lowest BCUT2D eigenvalue weighted by Crippen LogP contribution is -2.35. The van der Waals surface area contributed by atoms with Gasteiger partial charge in [-0.3, -0.25) is 0 Å². The van der Waals surface area contributed by atoms with Gasteiger partial charge in [0.05, 0.1) is 23.9 Å². The van der Waals surface area contributed by atoms with Crippen LogP contribution < -0.4 is 10.0 Å². The van der Waals surface area contributed by atoms with Crippen LogP contribution in [-0.2, 0) is 19.9 Å². The molecule has 20 heavy (non-hydrogen) atoms. The maximum atomic E-state index is 12.1. The molecule has 0 aliphatic carbocycles. The van der Waals surface area contributed by atoms with Crippen LogP contribution in [-0.4, -0.2) is 50.9 Å². The zero-order valence-electron chi connectivity index (χ0n) is 10.9. The van der Waals surface area contributed by atoms with Crippen molar-refractivity contribution in [2.75, 3.05) is 23.4 Å². The number of sulfone groups is 1. The van der Waals surface area contributed by atoms with Crippen molar-refractivity contribution in [3.05, 3.63) is 12.4 Å². The maximum Gasteiger partial charge on any atom is 0.243 e. The van der Waals surface area contributed by atoms with E-state index >= 15 is 0 Å². The van der Waals surface area contributed by atoms with E-state index in [-0.39, 0.29) is 22.8 Å². The molecule has 1 aliphatic rings. The van der Waals surface area contributed by atoms with Crippen LogP contribution >= 0.6 is 0 Å². The summed E-state index contributed by atoms with van der Waals surface area (Å²) in [6.07, 6.45) is 2.67. The molecule has 1 saturated heterocycles. The lowest BCUT2D eigenvalue weighted by molar-refractivity contribution is 0.561. The maximum absolute atomic E-state index is 12.1. The van der Waals surface area contributed by atoms with E-state index < -0.39 is 25.9 Å². The summed E-state index contributed by atoms with van der Waals surface area (Å²) in [6.45, 7) is 2.50. The minimum atomic E-state index is -3.79. The number of nitrogens with one attached hydrogen (secondary N) is 2. The Labute approximate surface area is 118 Å². The Hall–Kier alpha value is -1.26. The van der Waals surface area contributed by atoms with Crippen molar-refractivity contribution in [1.29, 1.82) is 0 Å². The monoisotopic (exact) mass is 320 g/mol. The molecule has 2 rings (SSSR count). The molecule has 1 aliphatic heterocycles. The van der Waals surface area contributed by atoms with Gasteiger partial charge in [-0.05, 0) is 13.3 Å². The van der Waals surface area contributed by atoms with Crippen molar-refractivity contribution in [1.82, 2.24) is 14.7 Å². The van der Waals surface area contributed by atoms with Gasteiger partial charge in [0.2, 0.25) is 16.0 Å². The predicted molar refractivity (Wildman–Crippen MR) is 73.6 cm³/mol. The van der Waals surface area contributed by atoms with Gasteiger partial charge in [0.15, 0.2) is 9.84 Å². The van der Waals surface area contributed by atoms with E-state index in [0.29, 0.717) is 12.5 Å². The molecule has 112 valence electrons. The molecule has 0 saturated carbocycles. The second-order valence-electron chi connectivity index (χ2n) is 4.49. The number of rotatable bonds is 5. The first-order valence-electron chi connectivity index (χ1n) is 6.11. The second-order valence-corrected chi connectivity index (χ2v) is 8.44. The fourth-order valence-electron chi connectivity index (χ4n) is 1.88. The first-order chi connectivity index (χ1) is 9.32. The number of sulfonamides is 1. The van der Waals surface area contributed by atoms with Gasteiger partial charge in [-0.25, -0.2) is 31.5 Å². The molecular weight excluding hydrogens is 304 g/mol. The molecule has 1 fully saturated rings. The highest BCUT2D eigenvalue weighted by atomic mass is 32.2. The Bertz CT molecular complexity index is 670. The molecule has 8 nitrogen and oxygen atoms in total. The highest BCUT2D eigenvalue weighted by Crippen LogP contribution is 2.15. The average Bonchev–Trinajstić information content (AvgIpc) is 2.69. The first kappa shape index (κ1) is 15.1. The van der Waals surface area contributed by atoms with E-state index in [4.69, 9.17) is 0 Å². The Morgan fingerprint density at radius 1 is 1.35 bits per heavy atom.